The Bertz CT molecular complexity index is 3840. The van der Waals surface area contributed by atoms with Crippen molar-refractivity contribution in [3.8, 4) is 66.8 Å². The van der Waals surface area contributed by atoms with E-state index in [2.05, 4.69) is 302 Å². The molecule has 1 heteroatoms. The maximum absolute atomic E-state index is 2.50. The minimum Gasteiger partial charge on any atom is -0.309 e. The van der Waals surface area contributed by atoms with Gasteiger partial charge in [-0.15, -0.1) is 0 Å². The summed E-state index contributed by atoms with van der Waals surface area (Å²) in [5.41, 5.74) is 22.2. The Hall–Kier alpha value is -9.30. The zero-order chi connectivity index (χ0) is 47.8. The average Bonchev–Trinajstić information content (AvgIpc) is 3.78. The van der Waals surface area contributed by atoms with Crippen LogP contribution in [0.5, 0.6) is 0 Å². The molecule has 338 valence electrons. The molecule has 12 aromatic rings. The summed E-state index contributed by atoms with van der Waals surface area (Å²) < 4.78 is 0. The molecule has 0 atom stereocenters. The van der Waals surface area contributed by atoms with Gasteiger partial charge in [0.1, 0.15) is 0 Å². The fourth-order valence-corrected chi connectivity index (χ4v) is 11.4. The van der Waals surface area contributed by atoms with Crippen LogP contribution in [0, 0.1) is 0 Å². The van der Waals surface area contributed by atoms with E-state index >= 15 is 0 Å². The molecule has 0 radical (unpaired) electrons. The first-order chi connectivity index (χ1) is 35.7. The van der Waals surface area contributed by atoms with Crippen LogP contribution in [0.4, 0.5) is 17.1 Å². The quantitative estimate of drug-likeness (QED) is 0.132. The minimum atomic E-state index is -0.531. The highest BCUT2D eigenvalue weighted by atomic mass is 15.1. The van der Waals surface area contributed by atoms with Crippen LogP contribution in [0.3, 0.4) is 0 Å². The van der Waals surface area contributed by atoms with Crippen molar-refractivity contribution >= 4 is 27.8 Å². The van der Waals surface area contributed by atoms with Crippen LogP contribution in [0.1, 0.15) is 22.3 Å². The highest BCUT2D eigenvalue weighted by Crippen LogP contribution is 2.60. The van der Waals surface area contributed by atoms with E-state index in [1.807, 2.05) is 0 Å². The van der Waals surface area contributed by atoms with Crippen LogP contribution in [0.15, 0.2) is 297 Å². The second kappa shape index (κ2) is 18.2. The summed E-state index contributed by atoms with van der Waals surface area (Å²) in [6.07, 6.45) is 0. The van der Waals surface area contributed by atoms with Crippen LogP contribution in [-0.2, 0) is 5.41 Å². The van der Waals surface area contributed by atoms with E-state index in [0.29, 0.717) is 0 Å². The molecule has 1 aliphatic rings. The molecule has 12 aromatic carbocycles. The maximum atomic E-state index is 2.50. The molecule has 0 bridgehead atoms. The van der Waals surface area contributed by atoms with Crippen LogP contribution < -0.4 is 4.90 Å². The van der Waals surface area contributed by atoms with Gasteiger partial charge in [-0.05, 0) is 125 Å². The Morgan fingerprint density at radius 2 is 0.653 bits per heavy atom. The molecular weight excluding hydrogens is 867 g/mol. The highest BCUT2D eigenvalue weighted by Gasteiger charge is 2.47. The third-order valence-corrected chi connectivity index (χ3v) is 14.8. The van der Waals surface area contributed by atoms with Crippen molar-refractivity contribution in [2.75, 3.05) is 4.90 Å². The molecule has 1 aliphatic carbocycles. The molecule has 0 saturated heterocycles. The zero-order valence-corrected chi connectivity index (χ0v) is 39.7. The monoisotopic (exact) mass is 915 g/mol. The van der Waals surface area contributed by atoms with Gasteiger partial charge in [0.05, 0.1) is 16.8 Å². The minimum absolute atomic E-state index is 0.531. The van der Waals surface area contributed by atoms with Gasteiger partial charge in [-0.3, -0.25) is 0 Å². The molecular formula is C71H49N. The lowest BCUT2D eigenvalue weighted by Crippen LogP contribution is -2.28. The molecule has 0 aromatic heterocycles. The van der Waals surface area contributed by atoms with E-state index in [1.165, 1.54) is 83.1 Å². The van der Waals surface area contributed by atoms with Gasteiger partial charge in [0, 0.05) is 16.8 Å². The second-order valence-electron chi connectivity index (χ2n) is 18.8. The summed E-state index contributed by atoms with van der Waals surface area (Å²) in [4.78, 5) is 2.50. The van der Waals surface area contributed by atoms with Crippen molar-refractivity contribution in [2.45, 2.75) is 5.41 Å². The molecule has 72 heavy (non-hydrogen) atoms. The van der Waals surface area contributed by atoms with Gasteiger partial charge in [0.2, 0.25) is 0 Å². The molecule has 0 aliphatic heterocycles. The standard InChI is InChI=1S/C71H49N/c1-4-18-50(19-5-1)52-38-41-56(42-39-52)64-28-13-15-32-68(64)72(69-33-17-31-67-70(69)65-29-12-14-30-66(65)71(67,61-24-6-2-7-25-61)62-26-8-3-9-27-62)63-46-44-54(45-47-63)53-34-36-55(37-35-53)58-22-16-23-59(48-58)60-43-40-51-20-10-11-21-57(51)49-60/h1-49H. The van der Waals surface area contributed by atoms with Gasteiger partial charge in [-0.2, -0.15) is 0 Å². The third kappa shape index (κ3) is 7.42. The normalized spacial score (nSPS) is 12.3. The van der Waals surface area contributed by atoms with Crippen LogP contribution in [0.25, 0.3) is 77.5 Å². The summed E-state index contributed by atoms with van der Waals surface area (Å²) >= 11 is 0. The Labute approximate surface area is 422 Å². The van der Waals surface area contributed by atoms with E-state index in [-0.39, 0.29) is 0 Å². The Morgan fingerprint density at radius 1 is 0.236 bits per heavy atom. The molecule has 0 unspecified atom stereocenters. The van der Waals surface area contributed by atoms with Crippen LogP contribution in [-0.4, -0.2) is 0 Å². The molecule has 0 amide bonds. The first-order valence-corrected chi connectivity index (χ1v) is 24.9. The summed E-state index contributed by atoms with van der Waals surface area (Å²) in [6.45, 7) is 0. The Morgan fingerprint density at radius 3 is 1.32 bits per heavy atom. The number of benzene rings is 12. The number of anilines is 3. The van der Waals surface area contributed by atoms with E-state index in [4.69, 9.17) is 0 Å². The van der Waals surface area contributed by atoms with Crippen molar-refractivity contribution in [1.82, 2.24) is 0 Å². The first kappa shape index (κ1) is 42.8. The molecule has 0 spiro atoms. The van der Waals surface area contributed by atoms with E-state index in [1.54, 1.807) is 0 Å². The number of hydrogen-bond acceptors (Lipinski definition) is 1. The zero-order valence-electron chi connectivity index (χ0n) is 39.7. The van der Waals surface area contributed by atoms with Gasteiger partial charge in [-0.1, -0.05) is 261 Å². The summed E-state index contributed by atoms with van der Waals surface area (Å²) in [5, 5.41) is 2.51. The largest absolute Gasteiger partial charge is 0.309 e. The van der Waals surface area contributed by atoms with Crippen molar-refractivity contribution in [3.63, 3.8) is 0 Å². The second-order valence-corrected chi connectivity index (χ2v) is 18.8. The lowest BCUT2D eigenvalue weighted by atomic mass is 9.68. The lowest BCUT2D eigenvalue weighted by Gasteiger charge is -2.34. The van der Waals surface area contributed by atoms with E-state index in [9.17, 15) is 0 Å². The summed E-state index contributed by atoms with van der Waals surface area (Å²) in [6, 6.07) is 109. The highest BCUT2D eigenvalue weighted by molar-refractivity contribution is 6.00. The van der Waals surface area contributed by atoms with Crippen LogP contribution in [0.2, 0.25) is 0 Å². The van der Waals surface area contributed by atoms with Gasteiger partial charge < -0.3 is 4.90 Å². The number of hydrogen-bond donors (Lipinski definition) is 0. The number of rotatable bonds is 10. The molecule has 0 N–H and O–H groups in total. The number of para-hydroxylation sites is 1. The van der Waals surface area contributed by atoms with Crippen molar-refractivity contribution in [1.29, 1.82) is 0 Å². The SMILES string of the molecule is c1ccc(-c2ccc(-c3ccccc3N(c3ccc(-c4ccc(-c5cccc(-c6ccc7ccccc7c6)c5)cc4)cc3)c3cccc4c3-c3ccccc3C4(c3ccccc3)c3ccccc3)cc2)cc1. The van der Waals surface area contributed by atoms with Crippen molar-refractivity contribution in [2.24, 2.45) is 0 Å². The van der Waals surface area contributed by atoms with E-state index in [0.717, 1.165) is 33.8 Å². The fourth-order valence-electron chi connectivity index (χ4n) is 11.4. The molecule has 13 rings (SSSR count). The Balaban J connectivity index is 0.932. The summed E-state index contributed by atoms with van der Waals surface area (Å²) in [7, 11) is 0. The Kier molecular flexibility index (Phi) is 10.8. The molecule has 0 fully saturated rings. The fraction of sp³-hybridized carbons (Fsp3) is 0.0141. The van der Waals surface area contributed by atoms with Gasteiger partial charge in [-0.25, -0.2) is 0 Å². The van der Waals surface area contributed by atoms with Gasteiger partial charge in [0.25, 0.3) is 0 Å². The lowest BCUT2D eigenvalue weighted by molar-refractivity contribution is 0.768. The number of fused-ring (bicyclic) bond motifs is 4. The predicted octanol–water partition coefficient (Wildman–Crippen LogP) is 19.0. The predicted molar refractivity (Wildman–Crippen MR) is 303 cm³/mol. The van der Waals surface area contributed by atoms with Crippen molar-refractivity contribution in [3.05, 3.63) is 320 Å². The first-order valence-electron chi connectivity index (χ1n) is 24.9. The number of nitrogens with zero attached hydrogens (tertiary/aromatic N) is 1. The molecule has 1 nitrogen and oxygen atoms in total. The maximum Gasteiger partial charge on any atom is 0.0714 e. The third-order valence-electron chi connectivity index (χ3n) is 14.8. The topological polar surface area (TPSA) is 3.24 Å². The average molecular weight is 916 g/mol. The van der Waals surface area contributed by atoms with Gasteiger partial charge in [0.15, 0.2) is 0 Å². The van der Waals surface area contributed by atoms with Gasteiger partial charge >= 0.3 is 0 Å². The molecule has 0 heterocycles. The summed E-state index contributed by atoms with van der Waals surface area (Å²) in [5.74, 6) is 0. The molecule has 0 saturated carbocycles. The smallest absolute Gasteiger partial charge is 0.0714 e. The van der Waals surface area contributed by atoms with Crippen LogP contribution >= 0.6 is 0 Å². The van der Waals surface area contributed by atoms with E-state index < -0.39 is 5.41 Å². The van der Waals surface area contributed by atoms with Crippen molar-refractivity contribution < 1.29 is 0 Å².